The lowest BCUT2D eigenvalue weighted by molar-refractivity contribution is 0.462. The highest BCUT2D eigenvalue weighted by Crippen LogP contribution is 2.40. The van der Waals surface area contributed by atoms with Crippen LogP contribution in [0.2, 0.25) is 0 Å². The summed E-state index contributed by atoms with van der Waals surface area (Å²) >= 11 is 3.72. The van der Waals surface area contributed by atoms with Crippen LogP contribution >= 0.6 is 15.9 Å². The second-order valence-electron chi connectivity index (χ2n) is 6.61. The lowest BCUT2D eigenvalue weighted by Crippen LogP contribution is -2.24. The van der Waals surface area contributed by atoms with Crippen LogP contribution in [0.1, 0.15) is 44.5 Å². The molecule has 0 saturated heterocycles. The van der Waals surface area contributed by atoms with Gasteiger partial charge in [-0.15, -0.1) is 0 Å². The number of hydrogen-bond acceptors (Lipinski definition) is 3. The Labute approximate surface area is 133 Å². The van der Waals surface area contributed by atoms with Crippen LogP contribution in [-0.2, 0) is 5.41 Å². The SMILES string of the molecule is CC(C)(C)c1nn2c(c1Br)NCCC2c1cccc(N)c1. The molecule has 0 spiro atoms. The third-order valence-corrected chi connectivity index (χ3v) is 4.62. The Hall–Kier alpha value is -1.49. The van der Waals surface area contributed by atoms with Crippen molar-refractivity contribution in [1.82, 2.24) is 9.78 Å². The van der Waals surface area contributed by atoms with E-state index in [1.807, 2.05) is 18.2 Å². The van der Waals surface area contributed by atoms with Crippen LogP contribution < -0.4 is 11.1 Å². The molecule has 2 aromatic rings. The van der Waals surface area contributed by atoms with Crippen LogP contribution in [0.4, 0.5) is 11.5 Å². The first-order valence-electron chi connectivity index (χ1n) is 7.25. The molecule has 0 saturated carbocycles. The standard InChI is InChI=1S/C16H21BrN4/c1-16(2,3)14-13(17)15-19-8-7-12(21(15)20-14)10-5-4-6-11(18)9-10/h4-6,9,12,19H,7-8,18H2,1-3H3. The Morgan fingerprint density at radius 2 is 2.14 bits per heavy atom. The van der Waals surface area contributed by atoms with Crippen LogP contribution in [0.3, 0.4) is 0 Å². The number of aromatic nitrogens is 2. The monoisotopic (exact) mass is 348 g/mol. The Bertz CT molecular complexity index is 669. The fourth-order valence-electron chi connectivity index (χ4n) is 2.80. The van der Waals surface area contributed by atoms with E-state index in [1.165, 1.54) is 5.56 Å². The normalized spacial score (nSPS) is 18.2. The molecule has 112 valence electrons. The highest BCUT2D eigenvalue weighted by Gasteiger charge is 2.30. The summed E-state index contributed by atoms with van der Waals surface area (Å²) in [5, 5.41) is 8.34. The Morgan fingerprint density at radius 3 is 2.81 bits per heavy atom. The summed E-state index contributed by atoms with van der Waals surface area (Å²) in [4.78, 5) is 0. The number of fused-ring (bicyclic) bond motifs is 1. The molecular formula is C16H21BrN4. The molecule has 2 heterocycles. The lowest BCUT2D eigenvalue weighted by Gasteiger charge is -2.26. The summed E-state index contributed by atoms with van der Waals surface area (Å²) < 4.78 is 3.17. The first-order chi connectivity index (χ1) is 9.88. The van der Waals surface area contributed by atoms with Gasteiger partial charge in [0.05, 0.1) is 16.2 Å². The van der Waals surface area contributed by atoms with Gasteiger partial charge in [0.15, 0.2) is 0 Å². The quantitative estimate of drug-likeness (QED) is 0.767. The van der Waals surface area contributed by atoms with Crippen LogP contribution in [0.25, 0.3) is 0 Å². The minimum absolute atomic E-state index is 0.00508. The van der Waals surface area contributed by atoms with Gasteiger partial charge >= 0.3 is 0 Å². The van der Waals surface area contributed by atoms with E-state index in [1.54, 1.807) is 0 Å². The van der Waals surface area contributed by atoms with Gasteiger partial charge in [-0.25, -0.2) is 4.68 Å². The molecule has 0 amide bonds. The van der Waals surface area contributed by atoms with Crippen molar-refractivity contribution >= 4 is 27.4 Å². The van der Waals surface area contributed by atoms with E-state index in [0.29, 0.717) is 0 Å². The molecule has 1 aliphatic rings. The number of nitrogens with one attached hydrogen (secondary N) is 1. The van der Waals surface area contributed by atoms with Gasteiger partial charge in [0.25, 0.3) is 0 Å². The topological polar surface area (TPSA) is 55.9 Å². The van der Waals surface area contributed by atoms with Crippen molar-refractivity contribution in [3.63, 3.8) is 0 Å². The van der Waals surface area contributed by atoms with Crippen LogP contribution in [0.5, 0.6) is 0 Å². The molecule has 3 N–H and O–H groups in total. The van der Waals surface area contributed by atoms with E-state index >= 15 is 0 Å². The number of nitrogens with zero attached hydrogens (tertiary/aromatic N) is 2. The van der Waals surface area contributed by atoms with Gasteiger partial charge in [-0.1, -0.05) is 32.9 Å². The zero-order chi connectivity index (χ0) is 15.2. The Kier molecular flexibility index (Phi) is 3.48. The first kappa shape index (κ1) is 14.4. The Balaban J connectivity index is 2.10. The number of halogens is 1. The molecule has 1 aliphatic heterocycles. The summed E-state index contributed by atoms with van der Waals surface area (Å²) in [6.07, 6.45) is 1.01. The summed E-state index contributed by atoms with van der Waals surface area (Å²) in [5.74, 6) is 1.07. The fraction of sp³-hybridized carbons (Fsp3) is 0.438. The highest BCUT2D eigenvalue weighted by molar-refractivity contribution is 9.10. The van der Waals surface area contributed by atoms with Crippen molar-refractivity contribution in [3.8, 4) is 0 Å². The van der Waals surface area contributed by atoms with Crippen LogP contribution in [0, 0.1) is 0 Å². The minimum atomic E-state index is 0.00508. The predicted octanol–water partition coefficient (Wildman–Crippen LogP) is 3.93. The van der Waals surface area contributed by atoms with Crippen molar-refractivity contribution in [2.75, 3.05) is 17.6 Å². The number of nitrogens with two attached hydrogens (primary N) is 1. The molecule has 0 bridgehead atoms. The van der Waals surface area contributed by atoms with Gasteiger partial charge in [0.1, 0.15) is 5.82 Å². The molecule has 1 aromatic carbocycles. The van der Waals surface area contributed by atoms with Crippen molar-refractivity contribution in [2.45, 2.75) is 38.6 Å². The van der Waals surface area contributed by atoms with Gasteiger partial charge in [-0.3, -0.25) is 0 Å². The number of nitrogen functional groups attached to an aromatic ring is 1. The zero-order valence-electron chi connectivity index (χ0n) is 12.7. The van der Waals surface area contributed by atoms with Crippen molar-refractivity contribution in [2.24, 2.45) is 0 Å². The molecule has 0 fully saturated rings. The number of anilines is 2. The number of rotatable bonds is 1. The van der Waals surface area contributed by atoms with Gasteiger partial charge in [0.2, 0.25) is 0 Å². The molecule has 1 aromatic heterocycles. The van der Waals surface area contributed by atoms with Crippen molar-refractivity contribution < 1.29 is 0 Å². The maximum atomic E-state index is 5.94. The van der Waals surface area contributed by atoms with Crippen LogP contribution in [-0.4, -0.2) is 16.3 Å². The number of hydrogen-bond donors (Lipinski definition) is 2. The van der Waals surface area contributed by atoms with Crippen molar-refractivity contribution in [1.29, 1.82) is 0 Å². The number of benzene rings is 1. The molecule has 0 radical (unpaired) electrons. The molecular weight excluding hydrogens is 328 g/mol. The van der Waals surface area contributed by atoms with E-state index in [2.05, 4.69) is 52.8 Å². The van der Waals surface area contributed by atoms with E-state index in [9.17, 15) is 0 Å². The maximum absolute atomic E-state index is 5.94. The summed E-state index contributed by atoms with van der Waals surface area (Å²) in [6, 6.07) is 8.34. The highest BCUT2D eigenvalue weighted by atomic mass is 79.9. The predicted molar refractivity (Wildman–Crippen MR) is 90.7 cm³/mol. The molecule has 1 atom stereocenters. The van der Waals surface area contributed by atoms with Crippen molar-refractivity contribution in [3.05, 3.63) is 40.0 Å². The lowest BCUT2D eigenvalue weighted by atomic mass is 9.92. The second-order valence-corrected chi connectivity index (χ2v) is 7.40. The second kappa shape index (κ2) is 5.05. The zero-order valence-corrected chi connectivity index (χ0v) is 14.2. The van der Waals surface area contributed by atoms with Gasteiger partial charge < -0.3 is 11.1 Å². The third-order valence-electron chi connectivity index (χ3n) is 3.86. The van der Waals surface area contributed by atoms with Gasteiger partial charge in [0, 0.05) is 17.6 Å². The molecule has 4 nitrogen and oxygen atoms in total. The molecule has 5 heteroatoms. The van der Waals surface area contributed by atoms with E-state index < -0.39 is 0 Å². The van der Waals surface area contributed by atoms with Crippen LogP contribution in [0.15, 0.2) is 28.7 Å². The summed E-state index contributed by atoms with van der Waals surface area (Å²) in [5.41, 5.74) is 9.04. The fourth-order valence-corrected chi connectivity index (χ4v) is 3.80. The van der Waals surface area contributed by atoms with Gasteiger partial charge in [-0.2, -0.15) is 5.10 Å². The minimum Gasteiger partial charge on any atom is -0.399 e. The Morgan fingerprint density at radius 1 is 1.38 bits per heavy atom. The smallest absolute Gasteiger partial charge is 0.139 e. The van der Waals surface area contributed by atoms with E-state index in [4.69, 9.17) is 10.8 Å². The average molecular weight is 349 g/mol. The molecule has 1 unspecified atom stereocenters. The summed E-state index contributed by atoms with van der Waals surface area (Å²) in [7, 11) is 0. The van der Waals surface area contributed by atoms with E-state index in [0.717, 1.165) is 34.6 Å². The summed E-state index contributed by atoms with van der Waals surface area (Å²) in [6.45, 7) is 7.48. The molecule has 21 heavy (non-hydrogen) atoms. The average Bonchev–Trinajstić information content (AvgIpc) is 2.76. The third kappa shape index (κ3) is 2.55. The molecule has 3 rings (SSSR count). The maximum Gasteiger partial charge on any atom is 0.139 e. The first-order valence-corrected chi connectivity index (χ1v) is 8.05. The largest absolute Gasteiger partial charge is 0.399 e. The van der Waals surface area contributed by atoms with Gasteiger partial charge in [-0.05, 0) is 40.0 Å². The van der Waals surface area contributed by atoms with E-state index in [-0.39, 0.29) is 11.5 Å². The molecule has 0 aliphatic carbocycles.